The molecule has 0 atom stereocenters. The average molecular weight is 266 g/mol. The van der Waals surface area contributed by atoms with Crippen LogP contribution in [0, 0.1) is 25.2 Å². The summed E-state index contributed by atoms with van der Waals surface area (Å²) in [4.78, 5) is 24.2. The number of rotatable bonds is 3. The number of ketones is 1. The fourth-order valence-corrected chi connectivity index (χ4v) is 1.93. The third-order valence-corrected chi connectivity index (χ3v) is 3.19. The van der Waals surface area contributed by atoms with Crippen LogP contribution in [0.3, 0.4) is 0 Å². The number of aryl methyl sites for hydroxylation is 2. The van der Waals surface area contributed by atoms with Gasteiger partial charge >= 0.3 is 0 Å². The third kappa shape index (κ3) is 2.67. The molecule has 1 aromatic carbocycles. The molecule has 0 saturated carbocycles. The predicted molar refractivity (Wildman–Crippen MR) is 75.7 cm³/mol. The molecule has 0 aliphatic rings. The van der Waals surface area contributed by atoms with Crippen molar-refractivity contribution in [1.29, 1.82) is 5.26 Å². The monoisotopic (exact) mass is 266 g/mol. The van der Waals surface area contributed by atoms with E-state index in [9.17, 15) is 9.59 Å². The first-order valence-corrected chi connectivity index (χ1v) is 6.23. The molecule has 0 aliphatic heterocycles. The lowest BCUT2D eigenvalue weighted by atomic mass is 10.1. The summed E-state index contributed by atoms with van der Waals surface area (Å²) >= 11 is 0. The second-order valence-electron chi connectivity index (χ2n) is 4.68. The summed E-state index contributed by atoms with van der Waals surface area (Å²) in [5, 5.41) is 8.87. The lowest BCUT2D eigenvalue weighted by Gasteiger charge is -2.09. The zero-order valence-corrected chi connectivity index (χ0v) is 11.4. The Balaban J connectivity index is 2.36. The van der Waals surface area contributed by atoms with E-state index in [0.717, 1.165) is 5.56 Å². The minimum Gasteiger partial charge on any atom is -0.304 e. The van der Waals surface area contributed by atoms with E-state index in [1.807, 2.05) is 25.1 Å². The Morgan fingerprint density at radius 3 is 2.40 bits per heavy atom. The molecule has 100 valence electrons. The third-order valence-electron chi connectivity index (χ3n) is 3.19. The Bertz CT molecular complexity index is 750. The van der Waals surface area contributed by atoms with Crippen LogP contribution < -0.4 is 5.56 Å². The number of carbonyl (C=O) groups excluding carboxylic acids is 1. The van der Waals surface area contributed by atoms with Gasteiger partial charge < -0.3 is 4.57 Å². The number of nitriles is 1. The number of carbonyl (C=O) groups is 1. The number of Topliss-reactive ketones (excluding diaryl/α,β-unsaturated/α-hetero) is 1. The fourth-order valence-electron chi connectivity index (χ4n) is 1.93. The highest BCUT2D eigenvalue weighted by Gasteiger charge is 2.11. The molecule has 0 N–H and O–H groups in total. The van der Waals surface area contributed by atoms with E-state index >= 15 is 0 Å². The highest BCUT2D eigenvalue weighted by Crippen LogP contribution is 2.06. The van der Waals surface area contributed by atoms with Crippen molar-refractivity contribution in [2.45, 2.75) is 20.4 Å². The summed E-state index contributed by atoms with van der Waals surface area (Å²) in [5.41, 5.74) is 1.92. The average Bonchev–Trinajstić information content (AvgIpc) is 2.44. The van der Waals surface area contributed by atoms with Crippen molar-refractivity contribution in [1.82, 2.24) is 4.57 Å². The molecule has 1 aromatic heterocycles. The molecule has 2 rings (SSSR count). The van der Waals surface area contributed by atoms with E-state index < -0.39 is 5.56 Å². The number of hydrogen-bond acceptors (Lipinski definition) is 3. The number of benzene rings is 1. The van der Waals surface area contributed by atoms with Gasteiger partial charge in [-0.3, -0.25) is 9.59 Å². The van der Waals surface area contributed by atoms with Crippen LogP contribution in [0.15, 0.2) is 41.2 Å². The Hall–Kier alpha value is -2.67. The predicted octanol–water partition coefficient (Wildman–Crippen LogP) is 2.22. The molecule has 0 fully saturated rings. The van der Waals surface area contributed by atoms with Crippen molar-refractivity contribution < 1.29 is 4.79 Å². The van der Waals surface area contributed by atoms with Crippen LogP contribution in [0.5, 0.6) is 0 Å². The Morgan fingerprint density at radius 2 is 1.80 bits per heavy atom. The minimum atomic E-state index is -0.423. The van der Waals surface area contributed by atoms with E-state index in [0.29, 0.717) is 11.3 Å². The maximum Gasteiger partial charge on any atom is 0.269 e. The van der Waals surface area contributed by atoms with E-state index in [1.165, 1.54) is 10.6 Å². The van der Waals surface area contributed by atoms with Gasteiger partial charge in [0, 0.05) is 11.3 Å². The molecule has 0 amide bonds. The number of nitrogens with zero attached hydrogens (tertiary/aromatic N) is 2. The van der Waals surface area contributed by atoms with Crippen molar-refractivity contribution in [3.8, 4) is 6.07 Å². The van der Waals surface area contributed by atoms with Crippen molar-refractivity contribution in [2.75, 3.05) is 0 Å². The van der Waals surface area contributed by atoms with Gasteiger partial charge in [-0.1, -0.05) is 29.8 Å². The quantitative estimate of drug-likeness (QED) is 0.800. The molecule has 4 heteroatoms. The zero-order valence-electron chi connectivity index (χ0n) is 11.4. The topological polar surface area (TPSA) is 62.9 Å². The standard InChI is InChI=1S/C16H14N2O2/c1-11-3-6-13(7-4-11)15(19)10-18-12(2)5-8-14(9-17)16(18)20/h3-8H,10H2,1-2H3. The van der Waals surface area contributed by atoms with Crippen LogP contribution in [-0.2, 0) is 6.54 Å². The normalized spacial score (nSPS) is 10.1. The first-order valence-electron chi connectivity index (χ1n) is 6.23. The van der Waals surface area contributed by atoms with Gasteiger partial charge in [0.2, 0.25) is 0 Å². The van der Waals surface area contributed by atoms with Crippen molar-refractivity contribution in [2.24, 2.45) is 0 Å². The molecule has 0 unspecified atom stereocenters. The summed E-state index contributed by atoms with van der Waals surface area (Å²) in [6.45, 7) is 3.63. The highest BCUT2D eigenvalue weighted by molar-refractivity contribution is 5.95. The van der Waals surface area contributed by atoms with Gasteiger partial charge in [-0.15, -0.1) is 0 Å². The van der Waals surface area contributed by atoms with Crippen molar-refractivity contribution in [3.05, 3.63) is 69.1 Å². The lowest BCUT2D eigenvalue weighted by Crippen LogP contribution is -2.27. The highest BCUT2D eigenvalue weighted by atomic mass is 16.1. The van der Waals surface area contributed by atoms with Gasteiger partial charge in [0.05, 0.1) is 6.54 Å². The first-order chi connectivity index (χ1) is 9.52. The van der Waals surface area contributed by atoms with E-state index in [2.05, 4.69) is 0 Å². The Labute approximate surface area is 116 Å². The van der Waals surface area contributed by atoms with Crippen LogP contribution in [-0.4, -0.2) is 10.4 Å². The SMILES string of the molecule is Cc1ccc(C(=O)Cn2c(C)ccc(C#N)c2=O)cc1. The van der Waals surface area contributed by atoms with E-state index in [-0.39, 0.29) is 17.9 Å². The largest absolute Gasteiger partial charge is 0.304 e. The molecule has 0 bridgehead atoms. The number of pyridine rings is 1. The van der Waals surface area contributed by atoms with E-state index in [4.69, 9.17) is 5.26 Å². The zero-order chi connectivity index (χ0) is 14.7. The first kappa shape index (κ1) is 13.8. The van der Waals surface area contributed by atoms with Gasteiger partial charge in [0.1, 0.15) is 11.6 Å². The molecule has 0 spiro atoms. The maximum absolute atomic E-state index is 12.2. The van der Waals surface area contributed by atoms with Gasteiger partial charge in [-0.25, -0.2) is 0 Å². The smallest absolute Gasteiger partial charge is 0.269 e. The van der Waals surface area contributed by atoms with Gasteiger partial charge in [0.15, 0.2) is 5.78 Å². The second-order valence-corrected chi connectivity index (χ2v) is 4.68. The minimum absolute atomic E-state index is 0.0484. The lowest BCUT2D eigenvalue weighted by molar-refractivity contribution is 0.0970. The number of aromatic nitrogens is 1. The van der Waals surface area contributed by atoms with Crippen molar-refractivity contribution in [3.63, 3.8) is 0 Å². The summed E-state index contributed by atoms with van der Waals surface area (Å²) < 4.78 is 1.33. The second kappa shape index (κ2) is 5.54. The molecule has 0 radical (unpaired) electrons. The van der Waals surface area contributed by atoms with Crippen LogP contribution >= 0.6 is 0 Å². The number of hydrogen-bond donors (Lipinski definition) is 0. The van der Waals surface area contributed by atoms with E-state index in [1.54, 1.807) is 25.1 Å². The summed E-state index contributed by atoms with van der Waals surface area (Å²) in [6.07, 6.45) is 0. The van der Waals surface area contributed by atoms with Gasteiger partial charge in [0.25, 0.3) is 5.56 Å². The van der Waals surface area contributed by atoms with Crippen LogP contribution in [0.1, 0.15) is 27.2 Å². The summed E-state index contributed by atoms with van der Waals surface area (Å²) in [6, 6.07) is 12.2. The molecule has 20 heavy (non-hydrogen) atoms. The fraction of sp³-hybridized carbons (Fsp3) is 0.188. The van der Waals surface area contributed by atoms with Crippen LogP contribution in [0.4, 0.5) is 0 Å². The molecule has 0 saturated heterocycles. The van der Waals surface area contributed by atoms with Crippen LogP contribution in [0.25, 0.3) is 0 Å². The molecular formula is C16H14N2O2. The Morgan fingerprint density at radius 1 is 1.15 bits per heavy atom. The van der Waals surface area contributed by atoms with Crippen LogP contribution in [0.2, 0.25) is 0 Å². The molecule has 1 heterocycles. The maximum atomic E-state index is 12.2. The van der Waals surface area contributed by atoms with Crippen molar-refractivity contribution >= 4 is 5.78 Å². The van der Waals surface area contributed by atoms with Gasteiger partial charge in [-0.05, 0) is 26.0 Å². The molecule has 4 nitrogen and oxygen atoms in total. The summed E-state index contributed by atoms with van der Waals surface area (Å²) in [7, 11) is 0. The molecule has 0 aliphatic carbocycles. The molecule has 2 aromatic rings. The molecular weight excluding hydrogens is 252 g/mol. The van der Waals surface area contributed by atoms with Gasteiger partial charge in [-0.2, -0.15) is 5.26 Å². The summed E-state index contributed by atoms with van der Waals surface area (Å²) in [5.74, 6) is -0.148. The Kier molecular flexibility index (Phi) is 3.81.